The van der Waals surface area contributed by atoms with Crippen LogP contribution in [0, 0.1) is 16.0 Å². The highest BCUT2D eigenvalue weighted by Crippen LogP contribution is 2.54. The SMILES string of the molecule is CCCCCCC1(C)C=C2C(=[N+]([O-])c3c2ccc2c3C=CC(C)(C)O2)C(C)(C)C1. The van der Waals surface area contributed by atoms with Gasteiger partial charge in [0, 0.05) is 0 Å². The van der Waals surface area contributed by atoms with E-state index in [0.29, 0.717) is 0 Å². The normalized spacial score (nSPS) is 25.8. The summed E-state index contributed by atoms with van der Waals surface area (Å²) in [7, 11) is 0. The monoisotopic (exact) mass is 393 g/mol. The van der Waals surface area contributed by atoms with E-state index in [1.165, 1.54) is 36.8 Å². The summed E-state index contributed by atoms with van der Waals surface area (Å²) in [5, 5.41) is 13.5. The van der Waals surface area contributed by atoms with Gasteiger partial charge >= 0.3 is 0 Å². The highest BCUT2D eigenvalue weighted by Gasteiger charge is 2.50. The van der Waals surface area contributed by atoms with E-state index in [2.05, 4.69) is 45.9 Å². The van der Waals surface area contributed by atoms with Crippen LogP contribution in [0.25, 0.3) is 11.6 Å². The molecule has 29 heavy (non-hydrogen) atoms. The zero-order valence-electron chi connectivity index (χ0n) is 18.9. The Morgan fingerprint density at radius 1 is 1.07 bits per heavy atom. The van der Waals surface area contributed by atoms with Crippen LogP contribution in [0.1, 0.15) is 91.2 Å². The number of rotatable bonds is 5. The van der Waals surface area contributed by atoms with Gasteiger partial charge in [-0.3, -0.25) is 0 Å². The molecule has 1 aromatic carbocycles. The first-order valence-corrected chi connectivity index (χ1v) is 11.2. The van der Waals surface area contributed by atoms with Gasteiger partial charge in [0.25, 0.3) is 0 Å². The zero-order chi connectivity index (χ0) is 21.0. The summed E-state index contributed by atoms with van der Waals surface area (Å²) in [6.45, 7) is 13.2. The average molecular weight is 394 g/mol. The van der Waals surface area contributed by atoms with E-state index in [1.807, 2.05) is 26.0 Å². The molecular formula is C26H35NO2. The molecular weight excluding hydrogens is 358 g/mol. The number of fused-ring (bicyclic) bond motifs is 5. The van der Waals surface area contributed by atoms with Gasteiger partial charge in [-0.15, -0.1) is 0 Å². The minimum absolute atomic E-state index is 0.128. The van der Waals surface area contributed by atoms with Crippen LogP contribution in [0.3, 0.4) is 0 Å². The molecule has 0 saturated heterocycles. The van der Waals surface area contributed by atoms with Gasteiger partial charge in [-0.05, 0) is 70.2 Å². The lowest BCUT2D eigenvalue weighted by molar-refractivity contribution is -0.361. The van der Waals surface area contributed by atoms with Crippen molar-refractivity contribution in [1.29, 1.82) is 0 Å². The molecule has 0 amide bonds. The lowest BCUT2D eigenvalue weighted by atomic mass is 9.62. The average Bonchev–Trinajstić information content (AvgIpc) is 2.90. The summed E-state index contributed by atoms with van der Waals surface area (Å²) in [6.07, 6.45) is 13.8. The maximum Gasteiger partial charge on any atom is 0.235 e. The summed E-state index contributed by atoms with van der Waals surface area (Å²) >= 11 is 0. The van der Waals surface area contributed by atoms with Crippen molar-refractivity contribution in [3.8, 4) is 5.75 Å². The fourth-order valence-corrected chi connectivity index (χ4v) is 5.62. The van der Waals surface area contributed by atoms with Crippen molar-refractivity contribution >= 4 is 23.0 Å². The summed E-state index contributed by atoms with van der Waals surface area (Å²) in [5.74, 6) is 0.803. The van der Waals surface area contributed by atoms with Crippen LogP contribution in [-0.2, 0) is 0 Å². The van der Waals surface area contributed by atoms with Crippen molar-refractivity contribution in [2.75, 3.05) is 0 Å². The second kappa shape index (κ2) is 6.75. The molecule has 1 aromatic rings. The van der Waals surface area contributed by atoms with Crippen LogP contribution in [-0.4, -0.2) is 16.1 Å². The van der Waals surface area contributed by atoms with E-state index < -0.39 is 0 Å². The predicted molar refractivity (Wildman–Crippen MR) is 122 cm³/mol. The molecule has 0 saturated carbocycles. The Morgan fingerprint density at radius 3 is 2.55 bits per heavy atom. The zero-order valence-corrected chi connectivity index (χ0v) is 18.9. The molecule has 1 atom stereocenters. The molecule has 3 heteroatoms. The van der Waals surface area contributed by atoms with Gasteiger partial charge in [0.2, 0.25) is 11.4 Å². The van der Waals surface area contributed by atoms with E-state index in [-0.39, 0.29) is 16.4 Å². The first kappa shape index (κ1) is 20.3. The molecule has 4 rings (SSSR count). The molecule has 156 valence electrons. The maximum absolute atomic E-state index is 13.5. The topological polar surface area (TPSA) is 35.3 Å². The Kier molecular flexibility index (Phi) is 4.72. The van der Waals surface area contributed by atoms with E-state index in [9.17, 15) is 5.21 Å². The standard InChI is InChI=1S/C26H35NO2/c1-7-8-9-10-14-26(6)16-20-18-11-12-21-19(13-15-25(4,5)29-21)22(18)27(28)23(20)24(2,3)17-26/h11-13,15-16H,7-10,14,17H2,1-6H3. The first-order valence-electron chi connectivity index (χ1n) is 11.2. The highest BCUT2D eigenvalue weighted by atomic mass is 16.5. The van der Waals surface area contributed by atoms with Crippen molar-refractivity contribution in [3.63, 3.8) is 0 Å². The molecule has 3 aliphatic rings. The lowest BCUT2D eigenvalue weighted by Crippen LogP contribution is -2.38. The Balaban J connectivity index is 1.79. The minimum atomic E-state index is -0.344. The molecule has 3 nitrogen and oxygen atoms in total. The molecule has 0 bridgehead atoms. The first-order chi connectivity index (χ1) is 13.6. The molecule has 0 aromatic heterocycles. The fraction of sp³-hybridized carbons (Fsp3) is 0.577. The van der Waals surface area contributed by atoms with Gasteiger partial charge in [0.1, 0.15) is 11.4 Å². The fourth-order valence-electron chi connectivity index (χ4n) is 5.62. The highest BCUT2D eigenvalue weighted by molar-refractivity contribution is 6.28. The molecule has 0 N–H and O–H groups in total. The summed E-state index contributed by atoms with van der Waals surface area (Å²) < 4.78 is 7.33. The summed E-state index contributed by atoms with van der Waals surface area (Å²) in [5.41, 5.74) is 4.44. The van der Waals surface area contributed by atoms with Crippen LogP contribution in [0.2, 0.25) is 0 Å². The molecule has 1 aliphatic carbocycles. The third-order valence-corrected chi connectivity index (χ3v) is 6.73. The van der Waals surface area contributed by atoms with Crippen LogP contribution in [0.15, 0.2) is 24.3 Å². The quantitative estimate of drug-likeness (QED) is 0.300. The number of hydrogen-bond donors (Lipinski definition) is 0. The third-order valence-electron chi connectivity index (χ3n) is 6.73. The molecule has 1 unspecified atom stereocenters. The van der Waals surface area contributed by atoms with E-state index in [0.717, 1.165) is 40.3 Å². The van der Waals surface area contributed by atoms with Crippen molar-refractivity contribution < 1.29 is 9.48 Å². The van der Waals surface area contributed by atoms with Gasteiger partial charge < -0.3 is 9.94 Å². The van der Waals surface area contributed by atoms with Gasteiger partial charge in [0.15, 0.2) is 0 Å². The van der Waals surface area contributed by atoms with Gasteiger partial charge in [-0.1, -0.05) is 45.6 Å². The smallest absolute Gasteiger partial charge is 0.235 e. The largest absolute Gasteiger partial charge is 0.618 e. The molecule has 0 spiro atoms. The third kappa shape index (κ3) is 3.43. The van der Waals surface area contributed by atoms with Gasteiger partial charge in [-0.2, -0.15) is 4.74 Å². The number of nitrogens with zero attached hydrogens (tertiary/aromatic N) is 1. The number of allylic oxidation sites excluding steroid dienone is 2. The van der Waals surface area contributed by atoms with Crippen LogP contribution < -0.4 is 4.74 Å². The molecule has 0 radical (unpaired) electrons. The van der Waals surface area contributed by atoms with Crippen LogP contribution in [0.4, 0.5) is 5.69 Å². The molecule has 2 heterocycles. The second-order valence-corrected chi connectivity index (χ2v) is 10.6. The summed E-state index contributed by atoms with van der Waals surface area (Å²) in [4.78, 5) is 0. The van der Waals surface area contributed by atoms with Gasteiger partial charge in [0.05, 0.1) is 22.1 Å². The Morgan fingerprint density at radius 2 is 1.83 bits per heavy atom. The van der Waals surface area contributed by atoms with Crippen molar-refractivity contribution in [1.82, 2.24) is 0 Å². The number of unbranched alkanes of at least 4 members (excludes halogenated alkanes) is 3. The summed E-state index contributed by atoms with van der Waals surface area (Å²) in [6, 6.07) is 4.13. The number of hydrogen-bond acceptors (Lipinski definition) is 2. The van der Waals surface area contributed by atoms with Crippen molar-refractivity contribution in [3.05, 3.63) is 40.6 Å². The molecule has 2 aliphatic heterocycles. The van der Waals surface area contributed by atoms with E-state index in [4.69, 9.17) is 4.74 Å². The predicted octanol–water partition coefficient (Wildman–Crippen LogP) is 7.26. The number of benzene rings is 1. The Bertz CT molecular complexity index is 932. The van der Waals surface area contributed by atoms with Crippen molar-refractivity contribution in [2.45, 2.75) is 85.7 Å². The Labute approximate surface area is 175 Å². The van der Waals surface area contributed by atoms with E-state index in [1.54, 1.807) is 0 Å². The lowest BCUT2D eigenvalue weighted by Gasteiger charge is -2.39. The maximum atomic E-state index is 13.5. The van der Waals surface area contributed by atoms with Crippen LogP contribution >= 0.6 is 0 Å². The Hall–Kier alpha value is -2.03. The van der Waals surface area contributed by atoms with Crippen LogP contribution in [0.5, 0.6) is 5.75 Å². The van der Waals surface area contributed by atoms with Gasteiger partial charge in [-0.25, -0.2) is 0 Å². The second-order valence-electron chi connectivity index (χ2n) is 10.6. The number of ether oxygens (including phenoxy) is 1. The minimum Gasteiger partial charge on any atom is -0.618 e. The van der Waals surface area contributed by atoms with E-state index >= 15 is 0 Å². The molecule has 0 fully saturated rings. The van der Waals surface area contributed by atoms with Crippen molar-refractivity contribution in [2.24, 2.45) is 10.8 Å².